The Kier molecular flexibility index (Phi) is 6.11. The van der Waals surface area contributed by atoms with Crippen molar-refractivity contribution in [3.8, 4) is 0 Å². The molecule has 2 aromatic carbocycles. The Labute approximate surface area is 145 Å². The minimum absolute atomic E-state index is 0.0370. The maximum Gasteiger partial charge on any atom is 0.326 e. The second-order valence-corrected chi connectivity index (χ2v) is 5.78. The molecule has 0 aliphatic heterocycles. The molecule has 0 aromatic heterocycles. The van der Waals surface area contributed by atoms with Gasteiger partial charge in [0.15, 0.2) is 0 Å². The number of fused-ring (bicyclic) bond motifs is 1. The number of ether oxygens (including phenoxy) is 1. The summed E-state index contributed by atoms with van der Waals surface area (Å²) in [7, 11) is 0. The van der Waals surface area contributed by atoms with E-state index in [0.29, 0.717) is 5.56 Å². The Bertz CT molecular complexity index is 781. The average Bonchev–Trinajstić information content (AvgIpc) is 2.60. The van der Waals surface area contributed by atoms with Crippen molar-refractivity contribution >= 4 is 28.6 Å². The normalized spacial score (nSPS) is 13.0. The number of carboxylic acid groups (broad SMARTS) is 1. The van der Waals surface area contributed by atoms with Gasteiger partial charge in [-0.3, -0.25) is 9.59 Å². The van der Waals surface area contributed by atoms with Gasteiger partial charge in [0.2, 0.25) is 0 Å². The molecule has 0 unspecified atom stereocenters. The summed E-state index contributed by atoms with van der Waals surface area (Å²) in [6, 6.07) is 11.5. The van der Waals surface area contributed by atoms with Gasteiger partial charge < -0.3 is 15.2 Å². The molecule has 0 radical (unpaired) electrons. The first-order chi connectivity index (χ1) is 11.9. The van der Waals surface area contributed by atoms with E-state index in [1.54, 1.807) is 32.0 Å². The van der Waals surface area contributed by atoms with Crippen LogP contribution in [0.2, 0.25) is 0 Å². The third-order valence-corrected chi connectivity index (χ3v) is 3.92. The molecule has 0 fully saturated rings. The molecule has 2 atom stereocenters. The molecule has 0 spiro atoms. The molecule has 25 heavy (non-hydrogen) atoms. The molecule has 0 saturated carbocycles. The molecule has 2 aromatic rings. The average molecular weight is 343 g/mol. The van der Waals surface area contributed by atoms with Crippen LogP contribution in [-0.4, -0.2) is 35.6 Å². The third-order valence-electron chi connectivity index (χ3n) is 3.92. The number of rotatable bonds is 7. The summed E-state index contributed by atoms with van der Waals surface area (Å²) in [4.78, 5) is 35.7. The molecule has 0 aliphatic rings. The third kappa shape index (κ3) is 4.56. The molecule has 2 N–H and O–H groups in total. The highest BCUT2D eigenvalue weighted by molar-refractivity contribution is 6.07. The zero-order chi connectivity index (χ0) is 18.4. The van der Waals surface area contributed by atoms with E-state index < -0.39 is 29.8 Å². The lowest BCUT2D eigenvalue weighted by Crippen LogP contribution is -2.42. The summed E-state index contributed by atoms with van der Waals surface area (Å²) in [6.45, 7) is 3.49. The second-order valence-electron chi connectivity index (χ2n) is 5.78. The highest BCUT2D eigenvalue weighted by Gasteiger charge is 2.27. The number of hydrogen-bond donors (Lipinski definition) is 2. The lowest BCUT2D eigenvalue weighted by Gasteiger charge is -2.18. The molecule has 0 saturated heterocycles. The van der Waals surface area contributed by atoms with Crippen molar-refractivity contribution in [1.29, 1.82) is 0 Å². The van der Waals surface area contributed by atoms with Crippen molar-refractivity contribution in [2.24, 2.45) is 5.92 Å². The summed E-state index contributed by atoms with van der Waals surface area (Å²) in [5.74, 6) is -2.79. The van der Waals surface area contributed by atoms with E-state index in [2.05, 4.69) is 5.32 Å². The van der Waals surface area contributed by atoms with Crippen molar-refractivity contribution < 1.29 is 24.2 Å². The Balaban J connectivity index is 2.17. The lowest BCUT2D eigenvalue weighted by molar-refractivity contribution is -0.148. The molecule has 0 aliphatic carbocycles. The Hall–Kier alpha value is -2.89. The van der Waals surface area contributed by atoms with Gasteiger partial charge in [0.25, 0.3) is 5.91 Å². The van der Waals surface area contributed by atoms with Gasteiger partial charge in [0, 0.05) is 5.56 Å². The molecular formula is C19H21NO5. The van der Waals surface area contributed by atoms with Crippen molar-refractivity contribution in [3.63, 3.8) is 0 Å². The molecule has 6 heteroatoms. The smallest absolute Gasteiger partial charge is 0.326 e. The van der Waals surface area contributed by atoms with Crippen LogP contribution in [0.15, 0.2) is 42.5 Å². The summed E-state index contributed by atoms with van der Waals surface area (Å²) in [6.07, 6.45) is -0.0370. The molecular weight excluding hydrogens is 322 g/mol. The number of hydrogen-bond acceptors (Lipinski definition) is 4. The standard InChI is InChI=1S/C19H21NO5/c1-3-25-19(24)12(2)11-16(18(22)23)20-17(21)15-10-6-8-13-7-4-5-9-14(13)15/h4-10,12,16H,3,11H2,1-2H3,(H,20,21)(H,22,23)/t12-,16+/m0/s1. The Morgan fingerprint density at radius 2 is 1.80 bits per heavy atom. The number of esters is 1. The number of carbonyl (C=O) groups is 3. The summed E-state index contributed by atoms with van der Waals surface area (Å²) >= 11 is 0. The quantitative estimate of drug-likeness (QED) is 0.754. The van der Waals surface area contributed by atoms with E-state index >= 15 is 0 Å². The van der Waals surface area contributed by atoms with Crippen LogP contribution in [0.3, 0.4) is 0 Å². The molecule has 0 heterocycles. The fourth-order valence-corrected chi connectivity index (χ4v) is 2.62. The van der Waals surface area contributed by atoms with Crippen molar-refractivity contribution in [2.45, 2.75) is 26.3 Å². The van der Waals surface area contributed by atoms with Crippen LogP contribution in [0.4, 0.5) is 0 Å². The van der Waals surface area contributed by atoms with Crippen molar-refractivity contribution in [2.75, 3.05) is 6.61 Å². The maximum atomic E-state index is 12.6. The minimum Gasteiger partial charge on any atom is -0.480 e. The van der Waals surface area contributed by atoms with Gasteiger partial charge in [-0.15, -0.1) is 0 Å². The van der Waals surface area contributed by atoms with Crippen LogP contribution in [0, 0.1) is 5.92 Å². The zero-order valence-corrected chi connectivity index (χ0v) is 14.2. The predicted molar refractivity (Wildman–Crippen MR) is 93.3 cm³/mol. The van der Waals surface area contributed by atoms with Crippen molar-refractivity contribution in [1.82, 2.24) is 5.32 Å². The predicted octanol–water partition coefficient (Wildman–Crippen LogP) is 2.61. The topological polar surface area (TPSA) is 92.7 Å². The summed E-state index contributed by atoms with van der Waals surface area (Å²) in [5.41, 5.74) is 0.396. The summed E-state index contributed by atoms with van der Waals surface area (Å²) in [5, 5.41) is 13.5. The lowest BCUT2D eigenvalue weighted by atomic mass is 10.0. The first-order valence-electron chi connectivity index (χ1n) is 8.12. The van der Waals surface area contributed by atoms with Crippen LogP contribution in [0.1, 0.15) is 30.6 Å². The molecule has 132 valence electrons. The van der Waals surface area contributed by atoms with Crippen LogP contribution in [0.5, 0.6) is 0 Å². The van der Waals surface area contributed by atoms with Crippen LogP contribution in [0.25, 0.3) is 10.8 Å². The van der Waals surface area contributed by atoms with Gasteiger partial charge >= 0.3 is 11.9 Å². The van der Waals surface area contributed by atoms with Crippen molar-refractivity contribution in [3.05, 3.63) is 48.0 Å². The van der Waals surface area contributed by atoms with Crippen LogP contribution in [-0.2, 0) is 14.3 Å². The fraction of sp³-hybridized carbons (Fsp3) is 0.316. The number of carbonyl (C=O) groups excluding carboxylic acids is 2. The molecule has 1 amide bonds. The maximum absolute atomic E-state index is 12.6. The van der Waals surface area contributed by atoms with Gasteiger partial charge in [-0.1, -0.05) is 43.3 Å². The van der Waals surface area contributed by atoms with Gasteiger partial charge in [0.1, 0.15) is 6.04 Å². The monoisotopic (exact) mass is 343 g/mol. The molecule has 2 rings (SSSR count). The minimum atomic E-state index is -1.19. The number of nitrogens with one attached hydrogen (secondary N) is 1. The fourth-order valence-electron chi connectivity index (χ4n) is 2.62. The highest BCUT2D eigenvalue weighted by Crippen LogP contribution is 2.19. The number of carboxylic acids is 1. The Morgan fingerprint density at radius 3 is 2.48 bits per heavy atom. The van der Waals surface area contributed by atoms with Crippen LogP contribution < -0.4 is 5.32 Å². The molecule has 6 nitrogen and oxygen atoms in total. The van der Waals surface area contributed by atoms with Gasteiger partial charge in [-0.2, -0.15) is 0 Å². The second kappa shape index (κ2) is 8.28. The van der Waals surface area contributed by atoms with E-state index in [9.17, 15) is 19.5 Å². The van der Waals surface area contributed by atoms with E-state index in [1.165, 1.54) is 0 Å². The number of benzene rings is 2. The van der Waals surface area contributed by atoms with E-state index in [4.69, 9.17) is 4.74 Å². The van der Waals surface area contributed by atoms with Gasteiger partial charge in [-0.25, -0.2) is 4.79 Å². The Morgan fingerprint density at radius 1 is 1.12 bits per heavy atom. The molecule has 0 bridgehead atoms. The first kappa shape index (κ1) is 18.4. The largest absolute Gasteiger partial charge is 0.480 e. The SMILES string of the molecule is CCOC(=O)[C@@H](C)C[C@@H](NC(=O)c1cccc2ccccc12)C(=O)O. The highest BCUT2D eigenvalue weighted by atomic mass is 16.5. The number of amides is 1. The van der Waals surface area contributed by atoms with Gasteiger partial charge in [0.05, 0.1) is 12.5 Å². The number of aliphatic carboxylic acids is 1. The van der Waals surface area contributed by atoms with E-state index in [1.807, 2.05) is 24.3 Å². The van der Waals surface area contributed by atoms with E-state index in [0.717, 1.165) is 10.8 Å². The summed E-state index contributed by atoms with van der Waals surface area (Å²) < 4.78 is 4.89. The first-order valence-corrected chi connectivity index (χ1v) is 8.12. The van der Waals surface area contributed by atoms with Gasteiger partial charge in [-0.05, 0) is 30.2 Å². The zero-order valence-electron chi connectivity index (χ0n) is 14.2. The van der Waals surface area contributed by atoms with Crippen LogP contribution >= 0.6 is 0 Å². The van der Waals surface area contributed by atoms with E-state index in [-0.39, 0.29) is 13.0 Å².